The Morgan fingerprint density at radius 3 is 2.80 bits per heavy atom. The van der Waals surface area contributed by atoms with Crippen LogP contribution in [0.2, 0.25) is 0 Å². The standard InChI is InChI=1S/C24H30N2O4/c1-4-24-12-7-13-25(15-11-21(28)29-2)14-10-18-17-8-5-6-9-19(17)26(20(27)16-24)22(18)23(24)30-3/h5-6,8-9,11,15,23H,4,7,10,12-14,16H2,1-3H3/b15-11+. The van der Waals surface area contributed by atoms with Gasteiger partial charge in [0.25, 0.3) is 0 Å². The van der Waals surface area contributed by atoms with Crippen molar-refractivity contribution in [2.75, 3.05) is 27.3 Å². The molecule has 0 radical (unpaired) electrons. The van der Waals surface area contributed by atoms with Gasteiger partial charge in [-0.15, -0.1) is 0 Å². The molecule has 0 fully saturated rings. The topological polar surface area (TPSA) is 60.8 Å². The fraction of sp³-hybridized carbons (Fsp3) is 0.500. The van der Waals surface area contributed by atoms with E-state index in [1.54, 1.807) is 7.11 Å². The molecule has 0 saturated heterocycles. The van der Waals surface area contributed by atoms with Gasteiger partial charge in [0.2, 0.25) is 5.91 Å². The van der Waals surface area contributed by atoms with Gasteiger partial charge in [0.15, 0.2) is 0 Å². The van der Waals surface area contributed by atoms with Crippen LogP contribution < -0.4 is 0 Å². The van der Waals surface area contributed by atoms with Gasteiger partial charge in [-0.2, -0.15) is 0 Å². The number of carbonyl (C=O) groups excluding carboxylic acids is 2. The Balaban J connectivity index is 1.85. The van der Waals surface area contributed by atoms with Crippen molar-refractivity contribution in [1.29, 1.82) is 0 Å². The van der Waals surface area contributed by atoms with Crippen LogP contribution in [0, 0.1) is 5.41 Å². The molecule has 4 rings (SSSR count). The van der Waals surface area contributed by atoms with Crippen molar-refractivity contribution in [2.45, 2.75) is 45.1 Å². The largest absolute Gasteiger partial charge is 0.466 e. The minimum absolute atomic E-state index is 0.0974. The fourth-order valence-corrected chi connectivity index (χ4v) is 5.35. The molecule has 3 heterocycles. The lowest BCUT2D eigenvalue weighted by Crippen LogP contribution is -2.42. The lowest BCUT2D eigenvalue weighted by molar-refractivity contribution is -0.134. The Morgan fingerprint density at radius 2 is 2.07 bits per heavy atom. The Kier molecular flexibility index (Phi) is 5.69. The zero-order valence-corrected chi connectivity index (χ0v) is 18.0. The van der Waals surface area contributed by atoms with Gasteiger partial charge in [0.05, 0.1) is 18.3 Å². The number of hydrogen-bond acceptors (Lipinski definition) is 5. The lowest BCUT2D eigenvalue weighted by atomic mass is 9.69. The van der Waals surface area contributed by atoms with Gasteiger partial charge < -0.3 is 14.4 Å². The minimum Gasteiger partial charge on any atom is -0.466 e. The molecule has 0 N–H and O–H groups in total. The molecule has 2 aromatic rings. The summed E-state index contributed by atoms with van der Waals surface area (Å²) < 4.78 is 12.8. The van der Waals surface area contributed by atoms with E-state index in [1.807, 2.05) is 29.0 Å². The Morgan fingerprint density at radius 1 is 1.27 bits per heavy atom. The highest BCUT2D eigenvalue weighted by Gasteiger charge is 2.48. The van der Waals surface area contributed by atoms with Crippen molar-refractivity contribution in [2.24, 2.45) is 5.41 Å². The summed E-state index contributed by atoms with van der Waals surface area (Å²) in [4.78, 5) is 27.1. The molecule has 160 valence electrons. The smallest absolute Gasteiger partial charge is 0.331 e. The summed E-state index contributed by atoms with van der Waals surface area (Å²) in [5, 5.41) is 1.12. The first-order valence-electron chi connectivity index (χ1n) is 10.7. The van der Waals surface area contributed by atoms with Crippen molar-refractivity contribution < 1.29 is 19.1 Å². The average molecular weight is 411 g/mol. The van der Waals surface area contributed by atoms with Crippen molar-refractivity contribution in [1.82, 2.24) is 9.47 Å². The Hall–Kier alpha value is -2.60. The number of aromatic nitrogens is 1. The van der Waals surface area contributed by atoms with E-state index < -0.39 is 0 Å². The van der Waals surface area contributed by atoms with Crippen LogP contribution in [0.5, 0.6) is 0 Å². The number of fused-ring (bicyclic) bond motifs is 4. The van der Waals surface area contributed by atoms with E-state index in [9.17, 15) is 9.59 Å². The molecule has 2 atom stereocenters. The van der Waals surface area contributed by atoms with Gasteiger partial charge in [0.1, 0.15) is 6.10 Å². The third-order valence-corrected chi connectivity index (χ3v) is 6.91. The van der Waals surface area contributed by atoms with Gasteiger partial charge in [-0.05, 0) is 37.3 Å². The number of esters is 1. The summed E-state index contributed by atoms with van der Waals surface area (Å²) in [5.41, 5.74) is 2.97. The summed E-state index contributed by atoms with van der Waals surface area (Å²) in [6.07, 6.45) is 7.21. The van der Waals surface area contributed by atoms with Crippen LogP contribution >= 0.6 is 0 Å². The van der Waals surface area contributed by atoms with Crippen LogP contribution in [0.4, 0.5) is 0 Å². The molecule has 6 nitrogen and oxygen atoms in total. The van der Waals surface area contributed by atoms with Gasteiger partial charge in [-0.3, -0.25) is 9.36 Å². The number of benzene rings is 1. The average Bonchev–Trinajstić information content (AvgIpc) is 3.09. The van der Waals surface area contributed by atoms with Crippen molar-refractivity contribution in [3.8, 4) is 0 Å². The highest BCUT2D eigenvalue weighted by molar-refractivity contribution is 5.97. The molecule has 0 spiro atoms. The number of ether oxygens (including phenoxy) is 2. The molecular weight excluding hydrogens is 380 g/mol. The molecule has 0 aliphatic carbocycles. The molecule has 30 heavy (non-hydrogen) atoms. The van der Waals surface area contributed by atoms with E-state index in [4.69, 9.17) is 9.47 Å². The van der Waals surface area contributed by atoms with Crippen LogP contribution in [0.25, 0.3) is 10.9 Å². The van der Waals surface area contributed by atoms with E-state index >= 15 is 0 Å². The molecule has 2 aliphatic rings. The number of nitrogens with zero attached hydrogens (tertiary/aromatic N) is 2. The second-order valence-corrected chi connectivity index (χ2v) is 8.35. The SMILES string of the molecule is CCC12CCCN(/C=C/C(=O)OC)CCc3c(n(c4ccccc34)C(=O)C1)C2OC. The molecule has 2 bridgehead atoms. The maximum Gasteiger partial charge on any atom is 0.331 e. The Bertz CT molecular complexity index is 992. The quantitative estimate of drug-likeness (QED) is 0.561. The molecule has 0 amide bonds. The zero-order chi connectivity index (χ0) is 21.3. The third-order valence-electron chi connectivity index (χ3n) is 6.91. The number of para-hydroxylation sites is 1. The van der Waals surface area contributed by atoms with Crippen molar-refractivity contribution >= 4 is 22.8 Å². The molecule has 2 aliphatic heterocycles. The first-order valence-corrected chi connectivity index (χ1v) is 10.7. The second kappa shape index (κ2) is 8.26. The monoisotopic (exact) mass is 410 g/mol. The van der Waals surface area contributed by atoms with Crippen LogP contribution in [-0.2, 0) is 20.7 Å². The van der Waals surface area contributed by atoms with Gasteiger partial charge >= 0.3 is 5.97 Å². The van der Waals surface area contributed by atoms with E-state index in [1.165, 1.54) is 18.7 Å². The van der Waals surface area contributed by atoms with E-state index in [0.717, 1.165) is 55.4 Å². The van der Waals surface area contributed by atoms with Crippen LogP contribution in [0.15, 0.2) is 36.5 Å². The van der Waals surface area contributed by atoms with E-state index in [0.29, 0.717) is 6.42 Å². The second-order valence-electron chi connectivity index (χ2n) is 8.35. The highest BCUT2D eigenvalue weighted by Crippen LogP contribution is 2.52. The van der Waals surface area contributed by atoms with Gasteiger partial charge in [-0.25, -0.2) is 4.79 Å². The predicted octanol–water partition coefficient (Wildman–Crippen LogP) is 4.09. The van der Waals surface area contributed by atoms with Crippen LogP contribution in [-0.4, -0.2) is 48.7 Å². The number of hydrogen-bond donors (Lipinski definition) is 0. The van der Waals surface area contributed by atoms with Crippen molar-refractivity contribution in [3.05, 3.63) is 47.8 Å². The maximum absolute atomic E-state index is 13.4. The summed E-state index contributed by atoms with van der Waals surface area (Å²) in [5.74, 6) is -0.177. The fourth-order valence-electron chi connectivity index (χ4n) is 5.35. The molecule has 1 aromatic carbocycles. The normalized spacial score (nSPS) is 24.4. The summed E-state index contributed by atoms with van der Waals surface area (Å²) in [6.45, 7) is 3.75. The third kappa shape index (κ3) is 3.33. The number of rotatable bonds is 4. The lowest BCUT2D eigenvalue weighted by Gasteiger charge is -2.44. The molecule has 6 heteroatoms. The van der Waals surface area contributed by atoms with E-state index in [2.05, 4.69) is 17.9 Å². The molecular formula is C24H30N2O4. The molecule has 0 saturated carbocycles. The molecule has 1 aromatic heterocycles. The first kappa shape index (κ1) is 20.7. The van der Waals surface area contributed by atoms with Gasteiger partial charge in [0, 0.05) is 49.7 Å². The van der Waals surface area contributed by atoms with Crippen LogP contribution in [0.3, 0.4) is 0 Å². The summed E-state index contributed by atoms with van der Waals surface area (Å²) in [6, 6.07) is 8.14. The first-order chi connectivity index (χ1) is 14.5. The predicted molar refractivity (Wildman–Crippen MR) is 115 cm³/mol. The number of carbonyl (C=O) groups is 2. The van der Waals surface area contributed by atoms with E-state index in [-0.39, 0.29) is 23.4 Å². The minimum atomic E-state index is -0.349. The summed E-state index contributed by atoms with van der Waals surface area (Å²) in [7, 11) is 3.16. The van der Waals surface area contributed by atoms with Gasteiger partial charge in [-0.1, -0.05) is 25.1 Å². The summed E-state index contributed by atoms with van der Waals surface area (Å²) >= 11 is 0. The molecule has 2 unspecified atom stereocenters. The zero-order valence-electron chi connectivity index (χ0n) is 18.0. The number of methoxy groups -OCH3 is 2. The maximum atomic E-state index is 13.4. The van der Waals surface area contributed by atoms with Crippen molar-refractivity contribution in [3.63, 3.8) is 0 Å². The van der Waals surface area contributed by atoms with Crippen LogP contribution in [0.1, 0.15) is 54.8 Å². The Labute approximate surface area is 177 Å². The highest BCUT2D eigenvalue weighted by atomic mass is 16.5.